The smallest absolute Gasteiger partial charge is 0.472 e. The number of hydrazine groups is 1. The Balaban J connectivity index is 2.32. The van der Waals surface area contributed by atoms with Gasteiger partial charge < -0.3 is 4.74 Å². The Hall–Kier alpha value is -1.77. The summed E-state index contributed by atoms with van der Waals surface area (Å²) in [7, 11) is 0. The molecule has 2 N–H and O–H groups in total. The minimum absolute atomic E-state index is 0.362. The van der Waals surface area contributed by atoms with Crippen LogP contribution in [0.3, 0.4) is 0 Å². The Morgan fingerprint density at radius 3 is 2.26 bits per heavy atom. The average Bonchev–Trinajstić information content (AvgIpc) is 2.34. The molecule has 0 aromatic heterocycles. The van der Waals surface area contributed by atoms with Crippen LogP contribution in [0, 0.1) is 0 Å². The van der Waals surface area contributed by atoms with E-state index in [1.54, 1.807) is 29.7 Å². The predicted molar refractivity (Wildman–Crippen MR) is 62.0 cm³/mol. The molecule has 104 valence electrons. The van der Waals surface area contributed by atoms with Crippen molar-refractivity contribution in [1.29, 1.82) is 0 Å². The van der Waals surface area contributed by atoms with Gasteiger partial charge in [-0.25, -0.2) is 0 Å². The third-order valence-corrected chi connectivity index (χ3v) is 2.29. The van der Waals surface area contributed by atoms with Crippen LogP contribution >= 0.6 is 15.9 Å². The second-order valence-electron chi connectivity index (χ2n) is 3.24. The van der Waals surface area contributed by atoms with Crippen molar-refractivity contribution in [2.24, 2.45) is 0 Å². The van der Waals surface area contributed by atoms with Crippen LogP contribution in [-0.2, 0) is 9.59 Å². The zero-order valence-electron chi connectivity index (χ0n) is 9.25. The van der Waals surface area contributed by atoms with Gasteiger partial charge in [0, 0.05) is 4.47 Å². The minimum Gasteiger partial charge on any atom is -0.484 e. The van der Waals surface area contributed by atoms with Gasteiger partial charge in [0.1, 0.15) is 5.75 Å². The van der Waals surface area contributed by atoms with Crippen LogP contribution in [0.15, 0.2) is 28.7 Å². The van der Waals surface area contributed by atoms with Crippen LogP contribution in [0.2, 0.25) is 0 Å². The molecule has 0 fully saturated rings. The number of ether oxygens (including phenoxy) is 1. The zero-order chi connectivity index (χ0) is 14.5. The van der Waals surface area contributed by atoms with E-state index in [2.05, 4.69) is 15.9 Å². The average molecular weight is 341 g/mol. The summed E-state index contributed by atoms with van der Waals surface area (Å²) >= 11 is 3.20. The van der Waals surface area contributed by atoms with Crippen LogP contribution in [0.25, 0.3) is 0 Å². The van der Waals surface area contributed by atoms with E-state index in [9.17, 15) is 22.8 Å². The van der Waals surface area contributed by atoms with Gasteiger partial charge in [-0.3, -0.25) is 20.4 Å². The minimum atomic E-state index is -5.06. The highest BCUT2D eigenvalue weighted by molar-refractivity contribution is 9.10. The number of carbonyl (C=O) groups excluding carboxylic acids is 2. The summed E-state index contributed by atoms with van der Waals surface area (Å²) in [5.74, 6) is -2.81. The molecule has 0 radical (unpaired) electrons. The fourth-order valence-corrected chi connectivity index (χ4v) is 1.18. The van der Waals surface area contributed by atoms with Crippen molar-refractivity contribution in [2.75, 3.05) is 6.61 Å². The second kappa shape index (κ2) is 6.41. The van der Waals surface area contributed by atoms with Crippen molar-refractivity contribution in [3.05, 3.63) is 28.7 Å². The lowest BCUT2D eigenvalue weighted by atomic mass is 10.3. The third kappa shape index (κ3) is 5.60. The fraction of sp³-hybridized carbons (Fsp3) is 0.200. The highest BCUT2D eigenvalue weighted by Crippen LogP contribution is 2.16. The van der Waals surface area contributed by atoms with Crippen molar-refractivity contribution in [3.8, 4) is 5.75 Å². The molecule has 0 aliphatic carbocycles. The van der Waals surface area contributed by atoms with Gasteiger partial charge in [-0.2, -0.15) is 13.2 Å². The molecule has 0 aliphatic rings. The van der Waals surface area contributed by atoms with Gasteiger partial charge >= 0.3 is 12.1 Å². The van der Waals surface area contributed by atoms with Gasteiger partial charge in [0.25, 0.3) is 5.91 Å². The van der Waals surface area contributed by atoms with Crippen molar-refractivity contribution < 1.29 is 27.5 Å². The number of hydrogen-bond acceptors (Lipinski definition) is 3. The molecule has 5 nitrogen and oxygen atoms in total. The number of hydrogen-bond donors (Lipinski definition) is 2. The van der Waals surface area contributed by atoms with Crippen LogP contribution in [0.1, 0.15) is 0 Å². The largest absolute Gasteiger partial charge is 0.484 e. The van der Waals surface area contributed by atoms with Crippen molar-refractivity contribution in [1.82, 2.24) is 10.9 Å². The van der Waals surface area contributed by atoms with Crippen LogP contribution in [-0.4, -0.2) is 24.6 Å². The van der Waals surface area contributed by atoms with Crippen molar-refractivity contribution in [2.45, 2.75) is 6.18 Å². The molecule has 19 heavy (non-hydrogen) atoms. The number of rotatable bonds is 3. The third-order valence-electron chi connectivity index (χ3n) is 1.76. The quantitative estimate of drug-likeness (QED) is 0.820. The lowest BCUT2D eigenvalue weighted by molar-refractivity contribution is -0.175. The second-order valence-corrected chi connectivity index (χ2v) is 4.16. The summed E-state index contributed by atoms with van der Waals surface area (Å²) < 4.78 is 41.1. The summed E-state index contributed by atoms with van der Waals surface area (Å²) in [4.78, 5) is 21.5. The Kier molecular flexibility index (Phi) is 5.16. The Labute approximate surface area is 114 Å². The first-order valence-electron chi connectivity index (χ1n) is 4.83. The Morgan fingerprint density at radius 1 is 1.16 bits per heavy atom. The van der Waals surface area contributed by atoms with Gasteiger partial charge in [-0.15, -0.1) is 0 Å². The Morgan fingerprint density at radius 2 is 1.74 bits per heavy atom. The molecular weight excluding hydrogens is 333 g/mol. The molecule has 1 aromatic carbocycles. The normalized spacial score (nSPS) is 10.7. The number of amides is 2. The molecular formula is C10H8BrF3N2O3. The molecule has 0 saturated carbocycles. The number of benzene rings is 1. The molecule has 1 rings (SSSR count). The molecule has 9 heteroatoms. The zero-order valence-corrected chi connectivity index (χ0v) is 10.8. The predicted octanol–water partition coefficient (Wildman–Crippen LogP) is 1.54. The van der Waals surface area contributed by atoms with Gasteiger partial charge in [-0.1, -0.05) is 15.9 Å². The van der Waals surface area contributed by atoms with Crippen LogP contribution in [0.5, 0.6) is 5.75 Å². The first kappa shape index (κ1) is 15.3. The monoisotopic (exact) mass is 340 g/mol. The van der Waals surface area contributed by atoms with E-state index in [4.69, 9.17) is 4.74 Å². The molecule has 0 saturated heterocycles. The number of halogens is 4. The summed E-state index contributed by atoms with van der Waals surface area (Å²) in [5, 5.41) is 0. The van der Waals surface area contributed by atoms with E-state index < -0.39 is 24.6 Å². The topological polar surface area (TPSA) is 67.4 Å². The Bertz CT molecular complexity index is 462. The molecule has 0 heterocycles. The maximum Gasteiger partial charge on any atom is 0.472 e. The lowest BCUT2D eigenvalue weighted by Crippen LogP contribution is -2.49. The van der Waals surface area contributed by atoms with Crippen LogP contribution in [0.4, 0.5) is 13.2 Å². The van der Waals surface area contributed by atoms with Crippen molar-refractivity contribution in [3.63, 3.8) is 0 Å². The van der Waals surface area contributed by atoms with Crippen LogP contribution < -0.4 is 15.6 Å². The van der Waals surface area contributed by atoms with E-state index in [1.165, 1.54) is 5.43 Å². The van der Waals surface area contributed by atoms with Gasteiger partial charge in [0.2, 0.25) is 0 Å². The van der Waals surface area contributed by atoms with E-state index in [1.807, 2.05) is 0 Å². The molecule has 2 amide bonds. The van der Waals surface area contributed by atoms with Crippen molar-refractivity contribution >= 4 is 27.7 Å². The molecule has 0 atom stereocenters. The molecule has 0 spiro atoms. The molecule has 1 aromatic rings. The summed E-state index contributed by atoms with van der Waals surface area (Å²) in [5.41, 5.74) is 2.79. The lowest BCUT2D eigenvalue weighted by Gasteiger charge is -2.10. The number of carbonyl (C=O) groups is 2. The fourth-order valence-electron chi connectivity index (χ4n) is 0.913. The van der Waals surface area contributed by atoms with Gasteiger partial charge in [-0.05, 0) is 24.3 Å². The first-order valence-corrected chi connectivity index (χ1v) is 5.62. The maximum absolute atomic E-state index is 11.8. The van der Waals surface area contributed by atoms with Gasteiger partial charge in [0.15, 0.2) is 6.61 Å². The first-order chi connectivity index (χ1) is 8.79. The molecule has 0 unspecified atom stereocenters. The highest BCUT2D eigenvalue weighted by atomic mass is 79.9. The summed E-state index contributed by atoms with van der Waals surface area (Å²) in [6.07, 6.45) is -5.06. The highest BCUT2D eigenvalue weighted by Gasteiger charge is 2.38. The van der Waals surface area contributed by atoms with Gasteiger partial charge in [0.05, 0.1) is 0 Å². The SMILES string of the molecule is O=C(COc1ccc(Br)cc1)NNC(=O)C(F)(F)F. The van der Waals surface area contributed by atoms with E-state index in [-0.39, 0.29) is 0 Å². The van der Waals surface area contributed by atoms with E-state index >= 15 is 0 Å². The number of nitrogens with one attached hydrogen (secondary N) is 2. The summed E-state index contributed by atoms with van der Waals surface area (Å²) in [6.45, 7) is -0.528. The summed E-state index contributed by atoms with van der Waals surface area (Å²) in [6, 6.07) is 6.45. The molecule has 0 aliphatic heterocycles. The van der Waals surface area contributed by atoms with E-state index in [0.717, 1.165) is 4.47 Å². The standard InChI is InChI=1S/C10H8BrF3N2O3/c11-6-1-3-7(4-2-6)19-5-8(17)15-16-9(18)10(12,13)14/h1-4H,5H2,(H,15,17)(H,16,18). The molecule has 0 bridgehead atoms. The van der Waals surface area contributed by atoms with E-state index in [0.29, 0.717) is 5.75 Å². The maximum atomic E-state index is 11.8. The number of alkyl halides is 3.